The minimum atomic E-state index is -0.143. The zero-order chi connectivity index (χ0) is 15.3. The van der Waals surface area contributed by atoms with E-state index in [9.17, 15) is 4.79 Å². The Hall–Kier alpha value is -3.13. The van der Waals surface area contributed by atoms with Gasteiger partial charge in [0.05, 0.1) is 10.9 Å². The van der Waals surface area contributed by atoms with Gasteiger partial charge in [-0.1, -0.05) is 6.08 Å². The monoisotopic (exact) mass is 288 g/mol. The van der Waals surface area contributed by atoms with Gasteiger partial charge in [0.2, 0.25) is 0 Å². The number of pyridine rings is 1. The Balaban J connectivity index is 2.29. The first kappa shape index (κ1) is 12.6. The lowest BCUT2D eigenvalue weighted by molar-refractivity contribution is -0.110. The van der Waals surface area contributed by atoms with E-state index >= 15 is 0 Å². The van der Waals surface area contributed by atoms with Gasteiger partial charge in [0.1, 0.15) is 5.82 Å². The first-order valence-corrected chi connectivity index (χ1v) is 6.93. The summed E-state index contributed by atoms with van der Waals surface area (Å²) in [5.41, 5.74) is 2.21. The van der Waals surface area contributed by atoms with Crippen LogP contribution in [-0.4, -0.2) is 20.4 Å². The van der Waals surface area contributed by atoms with E-state index in [0.717, 1.165) is 27.2 Å². The second-order valence-corrected chi connectivity index (χ2v) is 5.09. The fraction of sp³-hybridized carbons (Fsp3) is 0.118. The second-order valence-electron chi connectivity index (χ2n) is 5.09. The average Bonchev–Trinajstić information content (AvgIpc) is 3.01. The summed E-state index contributed by atoms with van der Waals surface area (Å²) in [5.74, 6) is 0.455. The van der Waals surface area contributed by atoms with E-state index < -0.39 is 0 Å². The molecule has 0 aromatic carbocycles. The number of hydrogen-bond acceptors (Lipinski definition) is 3. The van der Waals surface area contributed by atoms with Crippen LogP contribution in [0.4, 0.5) is 5.82 Å². The number of anilines is 1. The number of fused-ring (bicyclic) bond motifs is 2. The summed E-state index contributed by atoms with van der Waals surface area (Å²) in [6.45, 7) is 1.95. The minimum absolute atomic E-state index is 0.143. The van der Waals surface area contributed by atoms with Crippen molar-refractivity contribution in [3.8, 4) is 0 Å². The van der Waals surface area contributed by atoms with Gasteiger partial charge in [0.15, 0.2) is 5.65 Å². The molecule has 0 saturated heterocycles. The number of nitrogens with one attached hydrogen (secondary N) is 1. The van der Waals surface area contributed by atoms with Crippen LogP contribution in [0.15, 0.2) is 24.4 Å². The SMILES string of the molecule is C/C=c1/c(=C2/C(=O)Nc3ncccc32)n(C)c2nc#ccc12. The molecule has 1 aliphatic heterocycles. The number of rotatable bonds is 0. The highest BCUT2D eigenvalue weighted by molar-refractivity contribution is 6.30. The van der Waals surface area contributed by atoms with Crippen molar-refractivity contribution in [1.29, 1.82) is 0 Å². The standard InChI is InChI=1S/C17H12N4O/c1-3-10-11-6-4-9-19-16(11)21(2)14(10)13-12-7-5-8-18-15(12)20-17(13)22/h3,5-8H,1-2H3,(H,18,20,22)/b10-3+,14-13-. The molecule has 0 unspecified atom stereocenters. The van der Waals surface area contributed by atoms with Gasteiger partial charge in [-0.25, -0.2) is 4.98 Å². The van der Waals surface area contributed by atoms with Gasteiger partial charge in [-0.15, -0.1) is 0 Å². The Labute approximate surface area is 126 Å². The van der Waals surface area contributed by atoms with Crippen molar-refractivity contribution in [3.63, 3.8) is 0 Å². The molecule has 22 heavy (non-hydrogen) atoms. The molecule has 3 aromatic rings. The highest BCUT2D eigenvalue weighted by Crippen LogP contribution is 2.27. The number of nitrogens with zero attached hydrogens (tertiary/aromatic N) is 3. The molecular weight excluding hydrogens is 276 g/mol. The first-order chi connectivity index (χ1) is 10.7. The summed E-state index contributed by atoms with van der Waals surface area (Å²) in [4.78, 5) is 21.0. The molecule has 1 aliphatic rings. The predicted molar refractivity (Wildman–Crippen MR) is 83.2 cm³/mol. The van der Waals surface area contributed by atoms with E-state index in [2.05, 4.69) is 27.5 Å². The van der Waals surface area contributed by atoms with Crippen LogP contribution in [0.3, 0.4) is 0 Å². The molecule has 3 aromatic heterocycles. The maximum atomic E-state index is 12.5. The van der Waals surface area contributed by atoms with Gasteiger partial charge in [-0.3, -0.25) is 4.79 Å². The van der Waals surface area contributed by atoms with Crippen LogP contribution >= 0.6 is 0 Å². The van der Waals surface area contributed by atoms with Crippen LogP contribution in [0, 0.1) is 12.3 Å². The van der Waals surface area contributed by atoms with Crippen molar-refractivity contribution in [2.45, 2.75) is 6.92 Å². The summed E-state index contributed by atoms with van der Waals surface area (Å²) < 4.78 is 1.92. The van der Waals surface area contributed by atoms with Crippen molar-refractivity contribution >= 4 is 34.4 Å². The molecule has 1 amide bonds. The van der Waals surface area contributed by atoms with E-state index in [1.54, 1.807) is 6.20 Å². The van der Waals surface area contributed by atoms with Crippen molar-refractivity contribution in [2.75, 3.05) is 5.32 Å². The van der Waals surface area contributed by atoms with Crippen LogP contribution in [0.2, 0.25) is 0 Å². The third-order valence-corrected chi connectivity index (χ3v) is 3.94. The number of carbonyl (C=O) groups excluding carboxylic acids is 1. The maximum absolute atomic E-state index is 12.5. The largest absolute Gasteiger partial charge is 0.327 e. The zero-order valence-corrected chi connectivity index (χ0v) is 12.1. The van der Waals surface area contributed by atoms with Crippen LogP contribution in [0.25, 0.3) is 22.7 Å². The van der Waals surface area contributed by atoms with Crippen LogP contribution < -0.4 is 15.9 Å². The molecular formula is C17H12N4O. The van der Waals surface area contributed by atoms with E-state index in [4.69, 9.17) is 0 Å². The molecule has 1 N–H and O–H groups in total. The van der Waals surface area contributed by atoms with Crippen LogP contribution in [0.1, 0.15) is 12.5 Å². The van der Waals surface area contributed by atoms with Gasteiger partial charge in [0.25, 0.3) is 5.91 Å². The molecule has 0 spiro atoms. The first-order valence-electron chi connectivity index (χ1n) is 6.93. The summed E-state index contributed by atoms with van der Waals surface area (Å²) in [5, 5.41) is 5.58. The molecule has 4 heterocycles. The van der Waals surface area contributed by atoms with Gasteiger partial charge < -0.3 is 9.88 Å². The summed E-state index contributed by atoms with van der Waals surface area (Å²) in [7, 11) is 1.90. The van der Waals surface area contributed by atoms with Gasteiger partial charge in [0, 0.05) is 41.7 Å². The predicted octanol–water partition coefficient (Wildman–Crippen LogP) is 0.520. The third-order valence-electron chi connectivity index (χ3n) is 3.94. The average molecular weight is 288 g/mol. The van der Waals surface area contributed by atoms with Gasteiger partial charge in [-0.2, -0.15) is 4.98 Å². The lowest BCUT2D eigenvalue weighted by atomic mass is 10.1. The van der Waals surface area contributed by atoms with E-state index in [0.29, 0.717) is 11.4 Å². The van der Waals surface area contributed by atoms with Crippen molar-refractivity contribution < 1.29 is 4.79 Å². The van der Waals surface area contributed by atoms with Crippen molar-refractivity contribution in [2.24, 2.45) is 7.05 Å². The van der Waals surface area contributed by atoms with Crippen molar-refractivity contribution in [1.82, 2.24) is 14.5 Å². The van der Waals surface area contributed by atoms with Gasteiger partial charge >= 0.3 is 0 Å². The van der Waals surface area contributed by atoms with Crippen LogP contribution in [-0.2, 0) is 11.8 Å². The number of aryl methyl sites for hydroxylation is 1. The number of carbonyl (C=O) groups is 1. The normalized spacial score (nSPS) is 16.6. The van der Waals surface area contributed by atoms with Crippen molar-refractivity contribution in [3.05, 3.63) is 52.8 Å². The highest BCUT2D eigenvalue weighted by Gasteiger charge is 2.27. The minimum Gasteiger partial charge on any atom is -0.327 e. The summed E-state index contributed by atoms with van der Waals surface area (Å²) in [6, 6.07) is 8.46. The fourth-order valence-corrected chi connectivity index (χ4v) is 3.01. The van der Waals surface area contributed by atoms with Crippen LogP contribution in [0.5, 0.6) is 0 Å². The molecule has 0 bridgehead atoms. The molecule has 0 aliphatic carbocycles. The maximum Gasteiger partial charge on any atom is 0.259 e. The zero-order valence-electron chi connectivity index (χ0n) is 12.1. The van der Waals surface area contributed by atoms with E-state index in [1.165, 1.54) is 0 Å². The Morgan fingerprint density at radius 3 is 3.09 bits per heavy atom. The molecule has 0 fully saturated rings. The Morgan fingerprint density at radius 1 is 1.41 bits per heavy atom. The third kappa shape index (κ3) is 1.52. The van der Waals surface area contributed by atoms with E-state index in [1.807, 2.05) is 42.8 Å². The molecule has 5 heteroatoms. The second kappa shape index (κ2) is 4.43. The molecule has 4 rings (SSSR count). The number of hydrogen-bond donors (Lipinski definition) is 1. The lowest BCUT2D eigenvalue weighted by Gasteiger charge is -1.99. The highest BCUT2D eigenvalue weighted by atomic mass is 16.2. The molecule has 0 atom stereocenters. The molecule has 5 nitrogen and oxygen atoms in total. The Bertz CT molecular complexity index is 1050. The number of amides is 1. The summed E-state index contributed by atoms with van der Waals surface area (Å²) in [6.07, 6.45) is 6.39. The lowest BCUT2D eigenvalue weighted by Crippen LogP contribution is -2.32. The quantitative estimate of drug-likeness (QED) is 0.656. The molecule has 106 valence electrons. The Kier molecular flexibility index (Phi) is 2.54. The smallest absolute Gasteiger partial charge is 0.259 e. The fourth-order valence-electron chi connectivity index (χ4n) is 3.01. The van der Waals surface area contributed by atoms with E-state index in [-0.39, 0.29) is 5.91 Å². The Morgan fingerprint density at radius 2 is 2.27 bits per heavy atom. The number of aromatic nitrogens is 3. The summed E-state index contributed by atoms with van der Waals surface area (Å²) >= 11 is 0. The molecule has 0 radical (unpaired) electrons. The van der Waals surface area contributed by atoms with Gasteiger partial charge in [-0.05, 0) is 25.1 Å². The molecule has 0 saturated carbocycles. The topological polar surface area (TPSA) is 59.8 Å².